The van der Waals surface area contributed by atoms with Crippen LogP contribution in [0.1, 0.15) is 27.7 Å². The summed E-state index contributed by atoms with van der Waals surface area (Å²) in [5.41, 5.74) is 0.570. The highest BCUT2D eigenvalue weighted by molar-refractivity contribution is 7.99. The number of carbonyl (C=O) groups is 1. The molecule has 1 saturated heterocycles. The summed E-state index contributed by atoms with van der Waals surface area (Å²) in [5, 5.41) is 6.09. The lowest BCUT2D eigenvalue weighted by Crippen LogP contribution is -2.34. The van der Waals surface area contributed by atoms with Gasteiger partial charge in [0, 0.05) is 35.7 Å². The Bertz CT molecular complexity index is 744. The van der Waals surface area contributed by atoms with Crippen LogP contribution in [0.25, 0.3) is 0 Å². The second-order valence-electron chi connectivity index (χ2n) is 5.27. The zero-order valence-corrected chi connectivity index (χ0v) is 13.2. The van der Waals surface area contributed by atoms with Gasteiger partial charge in [-0.1, -0.05) is 18.2 Å². The highest BCUT2D eigenvalue weighted by atomic mass is 32.2. The number of nitrogens with one attached hydrogen (secondary N) is 1. The monoisotopic (exact) mass is 333 g/mol. The van der Waals surface area contributed by atoms with Gasteiger partial charge in [0.1, 0.15) is 11.5 Å². The van der Waals surface area contributed by atoms with E-state index in [2.05, 4.69) is 10.2 Å². The lowest BCUT2D eigenvalue weighted by atomic mass is 10.1. The number of H-pyrrole nitrogens is 1. The van der Waals surface area contributed by atoms with Crippen LogP contribution in [0.2, 0.25) is 0 Å². The molecule has 1 fully saturated rings. The predicted octanol–water partition coefficient (Wildman–Crippen LogP) is 2.23. The minimum Gasteiger partial charge on any atom is -0.336 e. The van der Waals surface area contributed by atoms with Gasteiger partial charge in [-0.2, -0.15) is 16.9 Å². The molecule has 0 saturated carbocycles. The average Bonchev–Trinajstić information content (AvgIpc) is 2.81. The van der Waals surface area contributed by atoms with E-state index in [0.29, 0.717) is 25.1 Å². The second kappa shape index (κ2) is 6.95. The van der Waals surface area contributed by atoms with Crippen LogP contribution in [0, 0.1) is 5.82 Å². The van der Waals surface area contributed by atoms with Gasteiger partial charge >= 0.3 is 0 Å². The first-order valence-electron chi connectivity index (χ1n) is 7.36. The lowest BCUT2D eigenvalue weighted by Gasteiger charge is -2.19. The molecule has 7 heteroatoms. The Morgan fingerprint density at radius 1 is 1.26 bits per heavy atom. The molecule has 1 N–H and O–H groups in total. The van der Waals surface area contributed by atoms with Crippen molar-refractivity contribution in [3.63, 3.8) is 0 Å². The molecule has 3 rings (SSSR count). The summed E-state index contributed by atoms with van der Waals surface area (Å²) < 4.78 is 13.9. The Kier molecular flexibility index (Phi) is 4.76. The Hall–Kier alpha value is -2.15. The van der Waals surface area contributed by atoms with Crippen LogP contribution in [0.15, 0.2) is 41.2 Å². The quantitative estimate of drug-likeness (QED) is 0.915. The highest BCUT2D eigenvalue weighted by Gasteiger charge is 2.24. The van der Waals surface area contributed by atoms with Crippen LogP contribution in [0.3, 0.4) is 0 Å². The maximum absolute atomic E-state index is 13.9. The topological polar surface area (TPSA) is 66.1 Å². The number of amides is 1. The third-order valence-electron chi connectivity index (χ3n) is 3.78. The fourth-order valence-corrected chi connectivity index (χ4v) is 3.84. The van der Waals surface area contributed by atoms with Gasteiger partial charge in [0.25, 0.3) is 11.5 Å². The van der Waals surface area contributed by atoms with Crippen molar-refractivity contribution in [2.45, 2.75) is 11.7 Å². The predicted molar refractivity (Wildman–Crippen MR) is 87.0 cm³/mol. The third kappa shape index (κ3) is 3.61. The molecule has 1 atom stereocenters. The van der Waals surface area contributed by atoms with Gasteiger partial charge in [-0.3, -0.25) is 9.59 Å². The molecule has 1 aliphatic heterocycles. The summed E-state index contributed by atoms with van der Waals surface area (Å²) in [4.78, 5) is 25.2. The van der Waals surface area contributed by atoms with Crippen molar-refractivity contribution in [3.05, 3.63) is 63.8 Å². The highest BCUT2D eigenvalue weighted by Crippen LogP contribution is 2.35. The van der Waals surface area contributed by atoms with Gasteiger partial charge < -0.3 is 4.90 Å². The smallest absolute Gasteiger partial charge is 0.274 e. The molecule has 5 nitrogen and oxygen atoms in total. The van der Waals surface area contributed by atoms with Crippen LogP contribution in [-0.4, -0.2) is 39.8 Å². The molecule has 0 aliphatic carbocycles. The van der Waals surface area contributed by atoms with E-state index in [-0.39, 0.29) is 28.2 Å². The number of benzene rings is 1. The number of aromatic nitrogens is 2. The molecule has 1 aromatic carbocycles. The first kappa shape index (κ1) is 15.7. The SMILES string of the molecule is O=C(c1ccc(=O)[nH]n1)N1CCSC(c2ccccc2F)CC1. The first-order valence-corrected chi connectivity index (χ1v) is 8.41. The molecule has 2 heterocycles. The summed E-state index contributed by atoms with van der Waals surface area (Å²) in [6, 6.07) is 9.49. The number of halogens is 1. The molecule has 0 spiro atoms. The molecular formula is C16H16FN3O2S. The molecule has 1 aromatic heterocycles. The molecule has 1 amide bonds. The number of hydrogen-bond acceptors (Lipinski definition) is 4. The fourth-order valence-electron chi connectivity index (χ4n) is 2.58. The van der Waals surface area contributed by atoms with Crippen molar-refractivity contribution in [3.8, 4) is 0 Å². The Morgan fingerprint density at radius 3 is 2.83 bits per heavy atom. The van der Waals surface area contributed by atoms with E-state index in [1.165, 1.54) is 18.2 Å². The number of carbonyl (C=O) groups excluding carboxylic acids is 1. The van der Waals surface area contributed by atoms with Crippen molar-refractivity contribution in [1.29, 1.82) is 0 Å². The van der Waals surface area contributed by atoms with E-state index in [1.807, 2.05) is 6.07 Å². The van der Waals surface area contributed by atoms with Gasteiger partial charge in [0.05, 0.1) is 0 Å². The zero-order chi connectivity index (χ0) is 16.2. The van der Waals surface area contributed by atoms with Crippen molar-refractivity contribution < 1.29 is 9.18 Å². The number of rotatable bonds is 2. The number of thioether (sulfide) groups is 1. The maximum atomic E-state index is 13.9. The normalized spacial score (nSPS) is 18.5. The van der Waals surface area contributed by atoms with Gasteiger partial charge in [0.15, 0.2) is 0 Å². The van der Waals surface area contributed by atoms with Gasteiger partial charge in [-0.15, -0.1) is 0 Å². The molecular weight excluding hydrogens is 317 g/mol. The molecule has 1 aliphatic rings. The summed E-state index contributed by atoms with van der Waals surface area (Å²) in [6.07, 6.45) is 0.681. The lowest BCUT2D eigenvalue weighted by molar-refractivity contribution is 0.0759. The molecule has 23 heavy (non-hydrogen) atoms. The van der Waals surface area contributed by atoms with Crippen LogP contribution < -0.4 is 5.56 Å². The number of nitrogens with zero attached hydrogens (tertiary/aromatic N) is 2. The van der Waals surface area contributed by atoms with Crippen molar-refractivity contribution in [1.82, 2.24) is 15.1 Å². The number of hydrogen-bond donors (Lipinski definition) is 1. The van der Waals surface area contributed by atoms with Gasteiger partial charge in [0.2, 0.25) is 0 Å². The summed E-state index contributed by atoms with van der Waals surface area (Å²) in [7, 11) is 0. The zero-order valence-electron chi connectivity index (χ0n) is 12.4. The summed E-state index contributed by atoms with van der Waals surface area (Å²) >= 11 is 1.66. The Labute approximate surface area is 136 Å². The van der Waals surface area contributed by atoms with Crippen molar-refractivity contribution >= 4 is 17.7 Å². The van der Waals surface area contributed by atoms with Gasteiger partial charge in [-0.05, 0) is 18.6 Å². The summed E-state index contributed by atoms with van der Waals surface area (Å²) in [5.74, 6) is 0.316. The van der Waals surface area contributed by atoms with E-state index in [9.17, 15) is 14.0 Å². The van der Waals surface area contributed by atoms with Crippen molar-refractivity contribution in [2.24, 2.45) is 0 Å². The van der Waals surface area contributed by atoms with E-state index in [4.69, 9.17) is 0 Å². The minimum absolute atomic E-state index is 0.0394. The van der Waals surface area contributed by atoms with E-state index < -0.39 is 0 Å². The maximum Gasteiger partial charge on any atom is 0.274 e. The molecule has 0 radical (unpaired) electrons. The largest absolute Gasteiger partial charge is 0.336 e. The Morgan fingerprint density at radius 2 is 2.09 bits per heavy atom. The second-order valence-corrected chi connectivity index (χ2v) is 6.58. The molecule has 0 bridgehead atoms. The molecule has 2 aromatic rings. The van der Waals surface area contributed by atoms with E-state index in [1.54, 1.807) is 28.8 Å². The molecule has 120 valence electrons. The fraction of sp³-hybridized carbons (Fsp3) is 0.312. The van der Waals surface area contributed by atoms with Crippen LogP contribution in [0.5, 0.6) is 0 Å². The average molecular weight is 333 g/mol. The van der Waals surface area contributed by atoms with Crippen molar-refractivity contribution in [2.75, 3.05) is 18.8 Å². The van der Waals surface area contributed by atoms with E-state index in [0.717, 1.165) is 5.75 Å². The number of aromatic amines is 1. The van der Waals surface area contributed by atoms with Crippen LogP contribution >= 0.6 is 11.8 Å². The minimum atomic E-state index is -0.340. The molecule has 1 unspecified atom stereocenters. The van der Waals surface area contributed by atoms with Gasteiger partial charge in [-0.25, -0.2) is 9.49 Å². The first-order chi connectivity index (χ1) is 11.1. The van der Waals surface area contributed by atoms with Crippen LogP contribution in [0.4, 0.5) is 4.39 Å². The van der Waals surface area contributed by atoms with E-state index >= 15 is 0 Å². The summed E-state index contributed by atoms with van der Waals surface area (Å²) in [6.45, 7) is 1.11. The third-order valence-corrected chi connectivity index (χ3v) is 5.09. The standard InChI is InChI=1S/C16H16FN3O2S/c17-12-4-2-1-3-11(12)14-7-8-20(9-10-23-14)16(22)13-5-6-15(21)19-18-13/h1-6,14H,7-10H2,(H,19,21). The van der Waals surface area contributed by atoms with Crippen LogP contribution in [-0.2, 0) is 0 Å². The Balaban J connectivity index is 1.71.